The average Bonchev–Trinajstić information content (AvgIpc) is 3.38. The van der Waals surface area contributed by atoms with Crippen LogP contribution >= 0.6 is 0 Å². The molecular formula is C18H25F3N4O2. The minimum absolute atomic E-state index is 0.0304. The third kappa shape index (κ3) is 3.41. The van der Waals surface area contributed by atoms with Crippen LogP contribution in [0.15, 0.2) is 6.07 Å². The normalized spacial score (nSPS) is 31.0. The first-order chi connectivity index (χ1) is 12.9. The molecule has 4 rings (SSSR count). The number of likely N-dealkylation sites (tertiary alicyclic amines) is 1. The summed E-state index contributed by atoms with van der Waals surface area (Å²) in [4.78, 5) is 14.5. The van der Waals surface area contributed by atoms with Gasteiger partial charge in [0.25, 0.3) is 5.91 Å². The zero-order valence-corrected chi connectivity index (χ0v) is 15.3. The second-order valence-electron chi connectivity index (χ2n) is 7.63. The van der Waals surface area contributed by atoms with Crippen LogP contribution in [0.1, 0.15) is 63.2 Å². The summed E-state index contributed by atoms with van der Waals surface area (Å²) in [6.45, 7) is 3.06. The van der Waals surface area contributed by atoms with Crippen LogP contribution in [0.5, 0.6) is 0 Å². The number of carbonyl (C=O) groups is 1. The van der Waals surface area contributed by atoms with E-state index in [2.05, 4.69) is 10.4 Å². The standard InChI is InChI=1S/C18H25F3N4O2/c1-2-11-9-15(18(19,20)21)25-16(22-11)10-12(23-25)13-5-3-7-24(13)17(26)14-6-4-8-27-14/h10-11,13-15,22H,2-9H2,1H3/t11-,13+,14+,15-/m1/s1. The van der Waals surface area contributed by atoms with Gasteiger partial charge in [0.15, 0.2) is 6.04 Å². The second-order valence-corrected chi connectivity index (χ2v) is 7.63. The molecule has 0 spiro atoms. The highest BCUT2D eigenvalue weighted by Crippen LogP contribution is 2.42. The summed E-state index contributed by atoms with van der Waals surface area (Å²) in [5.74, 6) is 0.328. The van der Waals surface area contributed by atoms with Gasteiger partial charge in [-0.2, -0.15) is 18.3 Å². The van der Waals surface area contributed by atoms with Crippen LogP contribution in [0.4, 0.5) is 19.0 Å². The van der Waals surface area contributed by atoms with Crippen LogP contribution < -0.4 is 5.32 Å². The predicted octanol–water partition coefficient (Wildman–Crippen LogP) is 3.42. The van der Waals surface area contributed by atoms with E-state index in [1.54, 1.807) is 11.0 Å². The van der Waals surface area contributed by atoms with Crippen molar-refractivity contribution in [1.29, 1.82) is 0 Å². The third-order valence-corrected chi connectivity index (χ3v) is 5.86. The van der Waals surface area contributed by atoms with E-state index in [0.717, 1.165) is 17.5 Å². The van der Waals surface area contributed by atoms with E-state index in [9.17, 15) is 18.0 Å². The number of aromatic nitrogens is 2. The third-order valence-electron chi connectivity index (χ3n) is 5.86. The maximum atomic E-state index is 13.6. The number of fused-ring (bicyclic) bond motifs is 1. The molecule has 150 valence electrons. The fraction of sp³-hybridized carbons (Fsp3) is 0.778. The summed E-state index contributed by atoms with van der Waals surface area (Å²) in [6, 6.07) is -0.458. The Kier molecular flexibility index (Phi) is 4.82. The van der Waals surface area contributed by atoms with Crippen LogP contribution in [0.2, 0.25) is 0 Å². The molecule has 9 heteroatoms. The molecule has 1 aromatic rings. The summed E-state index contributed by atoms with van der Waals surface area (Å²) in [5.41, 5.74) is 0.535. The molecule has 1 amide bonds. The van der Waals surface area contributed by atoms with E-state index in [-0.39, 0.29) is 24.4 Å². The molecule has 1 aromatic heterocycles. The van der Waals surface area contributed by atoms with Crippen molar-refractivity contribution in [1.82, 2.24) is 14.7 Å². The quantitative estimate of drug-likeness (QED) is 0.865. The van der Waals surface area contributed by atoms with Crippen LogP contribution in [-0.2, 0) is 9.53 Å². The van der Waals surface area contributed by atoms with Crippen molar-refractivity contribution in [3.05, 3.63) is 11.8 Å². The summed E-state index contributed by atoms with van der Waals surface area (Å²) >= 11 is 0. The molecule has 3 aliphatic rings. The van der Waals surface area contributed by atoms with Crippen LogP contribution in [0.3, 0.4) is 0 Å². The van der Waals surface area contributed by atoms with Gasteiger partial charge in [0, 0.05) is 25.3 Å². The van der Waals surface area contributed by atoms with Crippen molar-refractivity contribution >= 4 is 11.7 Å². The highest BCUT2D eigenvalue weighted by atomic mass is 19.4. The first-order valence-corrected chi connectivity index (χ1v) is 9.73. The Hall–Kier alpha value is -1.77. The van der Waals surface area contributed by atoms with Crippen molar-refractivity contribution in [3.63, 3.8) is 0 Å². The van der Waals surface area contributed by atoms with E-state index < -0.39 is 18.3 Å². The summed E-state index contributed by atoms with van der Waals surface area (Å²) in [7, 11) is 0. The minimum atomic E-state index is -4.35. The molecule has 1 N–H and O–H groups in total. The predicted molar refractivity (Wildman–Crippen MR) is 92.3 cm³/mol. The van der Waals surface area contributed by atoms with Gasteiger partial charge in [-0.3, -0.25) is 4.79 Å². The number of halogens is 3. The van der Waals surface area contributed by atoms with E-state index in [1.165, 1.54) is 0 Å². The molecular weight excluding hydrogens is 361 g/mol. The number of hydrogen-bond donors (Lipinski definition) is 1. The molecule has 4 atom stereocenters. The zero-order chi connectivity index (χ0) is 19.2. The van der Waals surface area contributed by atoms with Gasteiger partial charge in [-0.15, -0.1) is 0 Å². The largest absolute Gasteiger partial charge is 0.410 e. The highest BCUT2D eigenvalue weighted by molar-refractivity contribution is 5.82. The molecule has 6 nitrogen and oxygen atoms in total. The smallest absolute Gasteiger partial charge is 0.368 e. The number of alkyl halides is 3. The van der Waals surface area contributed by atoms with Crippen molar-refractivity contribution in [2.75, 3.05) is 18.5 Å². The fourth-order valence-electron chi connectivity index (χ4n) is 4.40. The molecule has 27 heavy (non-hydrogen) atoms. The van der Waals surface area contributed by atoms with Gasteiger partial charge in [0.05, 0.1) is 11.7 Å². The lowest BCUT2D eigenvalue weighted by Gasteiger charge is -2.32. The number of ether oxygens (including phenoxy) is 1. The minimum Gasteiger partial charge on any atom is -0.368 e. The fourth-order valence-corrected chi connectivity index (χ4v) is 4.40. The zero-order valence-electron chi connectivity index (χ0n) is 15.3. The monoisotopic (exact) mass is 386 g/mol. The molecule has 0 aromatic carbocycles. The lowest BCUT2D eigenvalue weighted by Crippen LogP contribution is -2.39. The first-order valence-electron chi connectivity index (χ1n) is 9.73. The molecule has 0 unspecified atom stereocenters. The Morgan fingerprint density at radius 2 is 2.19 bits per heavy atom. The molecule has 2 fully saturated rings. The van der Waals surface area contributed by atoms with Gasteiger partial charge >= 0.3 is 6.18 Å². The van der Waals surface area contributed by atoms with Crippen molar-refractivity contribution in [3.8, 4) is 0 Å². The molecule has 0 aliphatic carbocycles. The molecule has 3 aliphatic heterocycles. The molecule has 0 saturated carbocycles. The van der Waals surface area contributed by atoms with Crippen LogP contribution in [0.25, 0.3) is 0 Å². The highest BCUT2D eigenvalue weighted by Gasteiger charge is 2.47. The molecule has 0 radical (unpaired) electrons. The molecule has 0 bridgehead atoms. The Morgan fingerprint density at radius 1 is 1.37 bits per heavy atom. The SMILES string of the molecule is CC[C@@H]1C[C@H](C(F)(F)F)n2nc([C@@H]3CCCN3C(=O)[C@@H]3CCCO3)cc2N1. The average molecular weight is 386 g/mol. The lowest BCUT2D eigenvalue weighted by molar-refractivity contribution is -0.173. The number of nitrogens with zero attached hydrogens (tertiary/aromatic N) is 3. The number of carbonyl (C=O) groups excluding carboxylic acids is 1. The summed E-state index contributed by atoms with van der Waals surface area (Å²) < 4.78 is 47.2. The number of amides is 1. The van der Waals surface area contributed by atoms with Gasteiger partial charge in [-0.25, -0.2) is 4.68 Å². The topological polar surface area (TPSA) is 59.4 Å². The van der Waals surface area contributed by atoms with Gasteiger partial charge in [0.1, 0.15) is 11.9 Å². The van der Waals surface area contributed by atoms with E-state index in [4.69, 9.17) is 4.74 Å². The summed E-state index contributed by atoms with van der Waals surface area (Å²) in [5, 5.41) is 7.47. The van der Waals surface area contributed by atoms with Crippen LogP contribution in [-0.4, -0.2) is 52.1 Å². The van der Waals surface area contributed by atoms with E-state index in [1.807, 2.05) is 6.92 Å². The van der Waals surface area contributed by atoms with E-state index in [0.29, 0.717) is 43.9 Å². The second kappa shape index (κ2) is 7.00. The maximum Gasteiger partial charge on any atom is 0.410 e. The van der Waals surface area contributed by atoms with Crippen LogP contribution in [0, 0.1) is 0 Å². The number of hydrogen-bond acceptors (Lipinski definition) is 4. The van der Waals surface area contributed by atoms with Gasteiger partial charge in [-0.1, -0.05) is 6.92 Å². The molecule has 2 saturated heterocycles. The van der Waals surface area contributed by atoms with Gasteiger partial charge < -0.3 is 15.0 Å². The number of nitrogens with one attached hydrogen (secondary N) is 1. The Morgan fingerprint density at radius 3 is 2.85 bits per heavy atom. The van der Waals surface area contributed by atoms with Gasteiger partial charge in [0.2, 0.25) is 0 Å². The number of anilines is 1. The number of rotatable bonds is 3. The van der Waals surface area contributed by atoms with Crippen molar-refractivity contribution in [2.45, 2.75) is 75.9 Å². The Bertz CT molecular complexity index is 699. The maximum absolute atomic E-state index is 13.6. The Labute approximate surface area is 156 Å². The first kappa shape index (κ1) is 18.6. The van der Waals surface area contributed by atoms with E-state index >= 15 is 0 Å². The summed E-state index contributed by atoms with van der Waals surface area (Å²) in [6.07, 6.45) is -1.09. The van der Waals surface area contributed by atoms with Gasteiger partial charge in [-0.05, 0) is 38.5 Å². The van der Waals surface area contributed by atoms with Crippen molar-refractivity contribution in [2.24, 2.45) is 0 Å². The Balaban J connectivity index is 1.61. The lowest BCUT2D eigenvalue weighted by atomic mass is 10.0. The molecule has 4 heterocycles. The van der Waals surface area contributed by atoms with Crippen molar-refractivity contribution < 1.29 is 22.7 Å².